The van der Waals surface area contributed by atoms with Crippen molar-refractivity contribution in [2.24, 2.45) is 5.41 Å². The number of pyridine rings is 1. The van der Waals surface area contributed by atoms with E-state index in [1.807, 2.05) is 12.1 Å². The summed E-state index contributed by atoms with van der Waals surface area (Å²) in [7, 11) is 0. The number of hydrogen-bond acceptors (Lipinski definition) is 3. The molecule has 0 fully saturated rings. The van der Waals surface area contributed by atoms with Crippen LogP contribution in [0.2, 0.25) is 0 Å². The van der Waals surface area contributed by atoms with Gasteiger partial charge in [-0.2, -0.15) is 0 Å². The van der Waals surface area contributed by atoms with Crippen molar-refractivity contribution in [3.63, 3.8) is 0 Å². The fourth-order valence-electron chi connectivity index (χ4n) is 1.63. The quantitative estimate of drug-likeness (QED) is 0.773. The summed E-state index contributed by atoms with van der Waals surface area (Å²) in [4.78, 5) is 8.37. The summed E-state index contributed by atoms with van der Waals surface area (Å²) >= 11 is 0. The Labute approximate surface area is 95.5 Å². The molecule has 0 aromatic carbocycles. The number of oxazole rings is 1. The van der Waals surface area contributed by atoms with E-state index in [2.05, 4.69) is 30.7 Å². The molecule has 2 aromatic heterocycles. The van der Waals surface area contributed by atoms with Crippen LogP contribution in [-0.2, 0) is 6.42 Å². The maximum absolute atomic E-state index is 5.45. The Kier molecular flexibility index (Phi) is 2.77. The van der Waals surface area contributed by atoms with E-state index in [0.29, 0.717) is 0 Å². The maximum Gasteiger partial charge on any atom is 0.181 e. The first-order valence-corrected chi connectivity index (χ1v) is 5.39. The van der Waals surface area contributed by atoms with E-state index in [0.717, 1.165) is 23.4 Å². The Bertz CT molecular complexity index is 454. The second-order valence-corrected chi connectivity index (χ2v) is 5.11. The minimum absolute atomic E-state index is 0.202. The molecule has 84 valence electrons. The first kappa shape index (κ1) is 10.9. The monoisotopic (exact) mass is 216 g/mol. The lowest BCUT2D eigenvalue weighted by Gasteiger charge is -2.16. The van der Waals surface area contributed by atoms with Crippen LogP contribution in [-0.4, -0.2) is 9.97 Å². The van der Waals surface area contributed by atoms with Crippen molar-refractivity contribution in [2.45, 2.75) is 27.2 Å². The van der Waals surface area contributed by atoms with Gasteiger partial charge in [0.1, 0.15) is 0 Å². The third-order valence-corrected chi connectivity index (χ3v) is 2.26. The highest BCUT2D eigenvalue weighted by Crippen LogP contribution is 2.28. The van der Waals surface area contributed by atoms with Gasteiger partial charge in [0, 0.05) is 18.0 Å². The van der Waals surface area contributed by atoms with E-state index in [-0.39, 0.29) is 5.41 Å². The summed E-state index contributed by atoms with van der Waals surface area (Å²) in [5.74, 6) is 0.836. The lowest BCUT2D eigenvalue weighted by Crippen LogP contribution is -2.10. The molecule has 0 aliphatic heterocycles. The summed E-state index contributed by atoms with van der Waals surface area (Å²) < 4.78 is 5.45. The van der Waals surface area contributed by atoms with Crippen molar-refractivity contribution in [1.29, 1.82) is 0 Å². The molecule has 2 heterocycles. The van der Waals surface area contributed by atoms with Crippen LogP contribution in [0.3, 0.4) is 0 Å². The summed E-state index contributed by atoms with van der Waals surface area (Å²) in [5, 5.41) is 0. The van der Waals surface area contributed by atoms with Gasteiger partial charge in [0.25, 0.3) is 0 Å². The van der Waals surface area contributed by atoms with Gasteiger partial charge in [-0.15, -0.1) is 0 Å². The Morgan fingerprint density at radius 2 is 2.12 bits per heavy atom. The Morgan fingerprint density at radius 1 is 1.31 bits per heavy atom. The second-order valence-electron chi connectivity index (χ2n) is 5.11. The van der Waals surface area contributed by atoms with Gasteiger partial charge in [-0.25, -0.2) is 4.98 Å². The van der Waals surface area contributed by atoms with Crippen LogP contribution in [0.15, 0.2) is 35.3 Å². The smallest absolute Gasteiger partial charge is 0.181 e. The Morgan fingerprint density at radius 3 is 2.75 bits per heavy atom. The lowest BCUT2D eigenvalue weighted by molar-refractivity contribution is 0.406. The van der Waals surface area contributed by atoms with Crippen molar-refractivity contribution in [3.8, 4) is 11.3 Å². The fraction of sp³-hybridized carbons (Fsp3) is 0.385. The van der Waals surface area contributed by atoms with Crippen LogP contribution < -0.4 is 0 Å². The van der Waals surface area contributed by atoms with Crippen molar-refractivity contribution >= 4 is 0 Å². The molecule has 0 spiro atoms. The normalized spacial score (nSPS) is 11.7. The van der Waals surface area contributed by atoms with E-state index in [4.69, 9.17) is 4.42 Å². The minimum atomic E-state index is 0.202. The van der Waals surface area contributed by atoms with Crippen LogP contribution >= 0.6 is 0 Å². The van der Waals surface area contributed by atoms with Gasteiger partial charge >= 0.3 is 0 Å². The SMILES string of the molecule is CC(C)(C)Cc1ncoc1-c1cccnc1. The molecule has 2 aromatic rings. The Hall–Kier alpha value is -1.64. The molecule has 0 unspecified atom stereocenters. The van der Waals surface area contributed by atoms with Crippen LogP contribution in [0.5, 0.6) is 0 Å². The summed E-state index contributed by atoms with van der Waals surface area (Å²) in [6, 6.07) is 3.89. The molecule has 0 radical (unpaired) electrons. The molecule has 0 saturated heterocycles. The standard InChI is InChI=1S/C13H16N2O/c1-13(2,3)7-11-12(16-9-15-11)10-5-4-6-14-8-10/h4-6,8-9H,7H2,1-3H3. The van der Waals surface area contributed by atoms with Gasteiger partial charge in [-0.1, -0.05) is 20.8 Å². The maximum atomic E-state index is 5.45. The molecule has 3 heteroatoms. The van der Waals surface area contributed by atoms with Gasteiger partial charge in [0.05, 0.1) is 5.69 Å². The summed E-state index contributed by atoms with van der Waals surface area (Å²) in [5.41, 5.74) is 2.19. The predicted octanol–water partition coefficient (Wildman–Crippen LogP) is 3.33. The fourth-order valence-corrected chi connectivity index (χ4v) is 1.63. The van der Waals surface area contributed by atoms with Crippen molar-refractivity contribution in [2.75, 3.05) is 0 Å². The first-order valence-electron chi connectivity index (χ1n) is 5.39. The molecule has 0 bridgehead atoms. The molecular formula is C13H16N2O. The summed E-state index contributed by atoms with van der Waals surface area (Å²) in [6.07, 6.45) is 5.95. The van der Waals surface area contributed by atoms with E-state index in [1.165, 1.54) is 6.39 Å². The zero-order chi connectivity index (χ0) is 11.6. The average molecular weight is 216 g/mol. The molecule has 16 heavy (non-hydrogen) atoms. The minimum Gasteiger partial charge on any atom is -0.443 e. The Balaban J connectivity index is 2.33. The third kappa shape index (κ3) is 2.48. The molecular weight excluding hydrogens is 200 g/mol. The molecule has 2 rings (SSSR count). The number of nitrogens with zero attached hydrogens (tertiary/aromatic N) is 2. The van der Waals surface area contributed by atoms with Crippen LogP contribution in [0.1, 0.15) is 26.5 Å². The summed E-state index contributed by atoms with van der Waals surface area (Å²) in [6.45, 7) is 6.57. The molecule has 0 aliphatic carbocycles. The zero-order valence-corrected chi connectivity index (χ0v) is 9.90. The first-order chi connectivity index (χ1) is 7.56. The largest absolute Gasteiger partial charge is 0.443 e. The molecule has 0 aliphatic rings. The van der Waals surface area contributed by atoms with Gasteiger partial charge in [-0.3, -0.25) is 4.98 Å². The highest BCUT2D eigenvalue weighted by atomic mass is 16.3. The van der Waals surface area contributed by atoms with Crippen molar-refractivity contribution in [3.05, 3.63) is 36.6 Å². The number of rotatable bonds is 2. The van der Waals surface area contributed by atoms with E-state index in [1.54, 1.807) is 12.4 Å². The molecule has 0 saturated carbocycles. The van der Waals surface area contributed by atoms with Gasteiger partial charge < -0.3 is 4.42 Å². The molecule has 3 nitrogen and oxygen atoms in total. The van der Waals surface area contributed by atoms with Gasteiger partial charge in [0.2, 0.25) is 0 Å². The lowest BCUT2D eigenvalue weighted by atomic mass is 9.89. The van der Waals surface area contributed by atoms with E-state index in [9.17, 15) is 0 Å². The topological polar surface area (TPSA) is 38.9 Å². The van der Waals surface area contributed by atoms with Crippen LogP contribution in [0.4, 0.5) is 0 Å². The highest BCUT2D eigenvalue weighted by molar-refractivity contribution is 5.58. The van der Waals surface area contributed by atoms with Crippen LogP contribution in [0, 0.1) is 5.41 Å². The second kappa shape index (κ2) is 4.08. The van der Waals surface area contributed by atoms with E-state index >= 15 is 0 Å². The highest BCUT2D eigenvalue weighted by Gasteiger charge is 2.18. The number of aromatic nitrogens is 2. The molecule has 0 N–H and O–H groups in total. The van der Waals surface area contributed by atoms with Gasteiger partial charge in [-0.05, 0) is 24.0 Å². The van der Waals surface area contributed by atoms with Gasteiger partial charge in [0.15, 0.2) is 12.2 Å². The average Bonchev–Trinajstić information content (AvgIpc) is 2.64. The molecule has 0 atom stereocenters. The number of hydrogen-bond donors (Lipinski definition) is 0. The third-order valence-electron chi connectivity index (χ3n) is 2.26. The predicted molar refractivity (Wildman–Crippen MR) is 62.9 cm³/mol. The van der Waals surface area contributed by atoms with Crippen LogP contribution in [0.25, 0.3) is 11.3 Å². The molecule has 0 amide bonds. The van der Waals surface area contributed by atoms with E-state index < -0.39 is 0 Å². The zero-order valence-electron chi connectivity index (χ0n) is 9.90. The van der Waals surface area contributed by atoms with Crippen molar-refractivity contribution in [1.82, 2.24) is 9.97 Å². The van der Waals surface area contributed by atoms with Crippen molar-refractivity contribution < 1.29 is 4.42 Å².